The van der Waals surface area contributed by atoms with E-state index in [1.807, 2.05) is 0 Å². The van der Waals surface area contributed by atoms with Crippen molar-refractivity contribution in [3.63, 3.8) is 0 Å². The van der Waals surface area contributed by atoms with E-state index in [1.165, 1.54) is 0 Å². The molecule has 2 rings (SSSR count). The average molecular weight is 266 g/mol. The van der Waals surface area contributed by atoms with Crippen molar-refractivity contribution in [1.29, 1.82) is 0 Å². The first kappa shape index (κ1) is 13.2. The molecule has 5 nitrogen and oxygen atoms in total. The highest BCUT2D eigenvalue weighted by Gasteiger charge is 2.27. The van der Waals surface area contributed by atoms with Gasteiger partial charge in [0.25, 0.3) is 0 Å². The summed E-state index contributed by atoms with van der Waals surface area (Å²) in [4.78, 5) is 11.2. The third kappa shape index (κ3) is 2.76. The number of thiocarbonyl (C=S) groups is 1. The molecule has 1 aliphatic heterocycles. The molecule has 2 heterocycles. The minimum absolute atomic E-state index is 0.185. The zero-order chi connectivity index (χ0) is 13.1. The van der Waals surface area contributed by atoms with Gasteiger partial charge < -0.3 is 15.4 Å². The van der Waals surface area contributed by atoms with Gasteiger partial charge >= 0.3 is 0 Å². The Morgan fingerprint density at radius 3 is 3.11 bits per heavy atom. The molecule has 0 aromatic carbocycles. The van der Waals surface area contributed by atoms with Crippen LogP contribution >= 0.6 is 12.2 Å². The molecule has 0 bridgehead atoms. The molecule has 1 aliphatic rings. The smallest absolute Gasteiger partial charge is 0.226 e. The molecular weight excluding hydrogens is 248 g/mol. The van der Waals surface area contributed by atoms with Gasteiger partial charge in [-0.25, -0.2) is 9.97 Å². The molecule has 2 atom stereocenters. The Kier molecular flexibility index (Phi) is 4.08. The maximum atomic E-state index is 5.66. The number of nitrogens with two attached hydrogens (primary N) is 1. The summed E-state index contributed by atoms with van der Waals surface area (Å²) in [5.74, 6) is 0.683. The van der Waals surface area contributed by atoms with Gasteiger partial charge in [-0.15, -0.1) is 0 Å². The third-order valence-corrected chi connectivity index (χ3v) is 3.30. The summed E-state index contributed by atoms with van der Waals surface area (Å²) < 4.78 is 5.66. The predicted octanol–water partition coefficient (Wildman–Crippen LogP) is 1.11. The zero-order valence-electron chi connectivity index (χ0n) is 10.7. The molecule has 18 heavy (non-hydrogen) atoms. The average Bonchev–Trinajstić information content (AvgIpc) is 2.39. The summed E-state index contributed by atoms with van der Waals surface area (Å²) in [5.41, 5.74) is 6.22. The fraction of sp³-hybridized carbons (Fsp3) is 0.583. The Morgan fingerprint density at radius 2 is 2.44 bits per heavy atom. The van der Waals surface area contributed by atoms with Crippen molar-refractivity contribution in [3.8, 4) is 0 Å². The Labute approximate surface area is 112 Å². The largest absolute Gasteiger partial charge is 0.388 e. The molecule has 0 aliphatic carbocycles. The van der Waals surface area contributed by atoms with E-state index in [0.29, 0.717) is 29.3 Å². The highest BCUT2D eigenvalue weighted by Crippen LogP contribution is 2.19. The molecule has 1 saturated heterocycles. The highest BCUT2D eigenvalue weighted by molar-refractivity contribution is 7.80. The van der Waals surface area contributed by atoms with Crippen molar-refractivity contribution in [1.82, 2.24) is 9.97 Å². The molecule has 98 valence electrons. The molecule has 0 saturated carbocycles. The lowest BCUT2D eigenvalue weighted by atomic mass is 10.1. The number of hydrogen-bond donors (Lipinski definition) is 1. The van der Waals surface area contributed by atoms with Gasteiger partial charge in [-0.1, -0.05) is 19.1 Å². The first-order valence-electron chi connectivity index (χ1n) is 6.13. The second-order valence-electron chi connectivity index (χ2n) is 4.46. The summed E-state index contributed by atoms with van der Waals surface area (Å²) in [5, 5.41) is 0. The highest BCUT2D eigenvalue weighted by atomic mass is 32.1. The van der Waals surface area contributed by atoms with Gasteiger partial charge in [0, 0.05) is 12.7 Å². The lowest BCUT2D eigenvalue weighted by Gasteiger charge is -2.38. The summed E-state index contributed by atoms with van der Waals surface area (Å²) >= 11 is 4.95. The van der Waals surface area contributed by atoms with Crippen molar-refractivity contribution < 1.29 is 4.74 Å². The van der Waals surface area contributed by atoms with Gasteiger partial charge in [0.2, 0.25) is 5.95 Å². The summed E-state index contributed by atoms with van der Waals surface area (Å²) in [7, 11) is 0. The standard InChI is InChI=1S/C12H18N4OS/c1-3-9-7-17-8(2)6-16(9)12-14-5-4-10(15-12)11(13)18/h4-5,8-9H,3,6-7H2,1-2H3,(H2,13,18). The number of aromatic nitrogens is 2. The summed E-state index contributed by atoms with van der Waals surface area (Å²) in [6.07, 6.45) is 2.88. The van der Waals surface area contributed by atoms with E-state index >= 15 is 0 Å². The van der Waals surface area contributed by atoms with Crippen molar-refractivity contribution in [2.24, 2.45) is 5.73 Å². The number of nitrogens with zero attached hydrogens (tertiary/aromatic N) is 3. The van der Waals surface area contributed by atoms with E-state index in [-0.39, 0.29) is 6.10 Å². The van der Waals surface area contributed by atoms with Crippen molar-refractivity contribution in [2.75, 3.05) is 18.1 Å². The van der Waals surface area contributed by atoms with Gasteiger partial charge in [0.15, 0.2) is 0 Å². The van der Waals surface area contributed by atoms with Crippen LogP contribution < -0.4 is 10.6 Å². The minimum Gasteiger partial charge on any atom is -0.388 e. The van der Waals surface area contributed by atoms with Crippen LogP contribution in [-0.2, 0) is 4.74 Å². The van der Waals surface area contributed by atoms with Crippen LogP contribution in [0.15, 0.2) is 12.3 Å². The predicted molar refractivity (Wildman–Crippen MR) is 74.8 cm³/mol. The van der Waals surface area contributed by atoms with Crippen LogP contribution in [0.4, 0.5) is 5.95 Å². The lowest BCUT2D eigenvalue weighted by molar-refractivity contribution is 0.0292. The van der Waals surface area contributed by atoms with Crippen molar-refractivity contribution in [2.45, 2.75) is 32.4 Å². The van der Waals surface area contributed by atoms with E-state index in [4.69, 9.17) is 22.7 Å². The molecule has 1 aromatic rings. The monoisotopic (exact) mass is 266 g/mol. The van der Waals surface area contributed by atoms with E-state index in [0.717, 1.165) is 13.0 Å². The molecule has 0 radical (unpaired) electrons. The number of ether oxygens (including phenoxy) is 1. The van der Waals surface area contributed by atoms with E-state index in [9.17, 15) is 0 Å². The Hall–Kier alpha value is -1.27. The molecule has 2 unspecified atom stereocenters. The van der Waals surface area contributed by atoms with E-state index in [1.54, 1.807) is 12.3 Å². The van der Waals surface area contributed by atoms with Gasteiger partial charge in [0.05, 0.1) is 18.8 Å². The quantitative estimate of drug-likeness (QED) is 0.827. The van der Waals surface area contributed by atoms with Crippen LogP contribution in [0.3, 0.4) is 0 Å². The fourth-order valence-corrected chi connectivity index (χ4v) is 2.16. The van der Waals surface area contributed by atoms with Crippen molar-refractivity contribution in [3.05, 3.63) is 18.0 Å². The second kappa shape index (κ2) is 5.58. The second-order valence-corrected chi connectivity index (χ2v) is 4.90. The molecule has 2 N–H and O–H groups in total. The van der Waals surface area contributed by atoms with Crippen LogP contribution in [0.25, 0.3) is 0 Å². The van der Waals surface area contributed by atoms with Crippen LogP contribution in [0.2, 0.25) is 0 Å². The van der Waals surface area contributed by atoms with Gasteiger partial charge in [-0.2, -0.15) is 0 Å². The number of rotatable bonds is 3. The van der Waals surface area contributed by atoms with Crippen LogP contribution in [0.5, 0.6) is 0 Å². The van der Waals surface area contributed by atoms with Crippen LogP contribution in [0, 0.1) is 0 Å². The fourth-order valence-electron chi connectivity index (χ4n) is 2.05. The first-order chi connectivity index (χ1) is 8.61. The number of morpholine rings is 1. The van der Waals surface area contributed by atoms with Crippen LogP contribution in [-0.4, -0.2) is 40.3 Å². The maximum Gasteiger partial charge on any atom is 0.226 e. The lowest BCUT2D eigenvalue weighted by Crippen LogP contribution is -2.49. The molecule has 6 heteroatoms. The number of hydrogen-bond acceptors (Lipinski definition) is 5. The first-order valence-corrected chi connectivity index (χ1v) is 6.53. The van der Waals surface area contributed by atoms with Gasteiger partial charge in [0.1, 0.15) is 10.7 Å². The molecule has 0 amide bonds. The summed E-state index contributed by atoms with van der Waals surface area (Å²) in [6.45, 7) is 5.68. The zero-order valence-corrected chi connectivity index (χ0v) is 11.5. The molecule has 0 spiro atoms. The normalized spacial score (nSPS) is 24.0. The number of anilines is 1. The minimum atomic E-state index is 0.185. The Bertz CT molecular complexity index is 440. The van der Waals surface area contributed by atoms with E-state index in [2.05, 4.69) is 28.7 Å². The topological polar surface area (TPSA) is 64.3 Å². The molecular formula is C12H18N4OS. The SMILES string of the molecule is CCC1COC(C)CN1c1nccc(C(N)=S)n1. The van der Waals surface area contributed by atoms with Crippen molar-refractivity contribution >= 4 is 23.2 Å². The third-order valence-electron chi connectivity index (χ3n) is 3.09. The molecule has 1 aromatic heterocycles. The summed E-state index contributed by atoms with van der Waals surface area (Å²) in [6, 6.07) is 2.04. The van der Waals surface area contributed by atoms with Crippen LogP contribution in [0.1, 0.15) is 26.0 Å². The van der Waals surface area contributed by atoms with E-state index < -0.39 is 0 Å². The van der Waals surface area contributed by atoms with Gasteiger partial charge in [-0.3, -0.25) is 0 Å². The Balaban J connectivity index is 2.27. The van der Waals surface area contributed by atoms with Gasteiger partial charge in [-0.05, 0) is 19.4 Å². The maximum absolute atomic E-state index is 5.66. The molecule has 1 fully saturated rings. The Morgan fingerprint density at radius 1 is 1.67 bits per heavy atom.